The Morgan fingerprint density at radius 2 is 0.573 bits per heavy atom. The Kier molecular flexibility index (Phi) is 14.5. The van der Waals surface area contributed by atoms with E-state index in [4.69, 9.17) is 29.9 Å². The molecule has 0 atom stereocenters. The molecular weight excluding hydrogens is 1340 g/mol. The van der Waals surface area contributed by atoms with Crippen LogP contribution in [0, 0.1) is 0 Å². The van der Waals surface area contributed by atoms with E-state index in [0.29, 0.717) is 11.6 Å². The van der Waals surface area contributed by atoms with Gasteiger partial charge in [0.2, 0.25) is 0 Å². The molecule has 8 heteroatoms. The minimum Gasteiger partial charge on any atom is -0.309 e. The number of benzene rings is 16. The number of nitrogens with zero attached hydrogens (tertiary/aromatic N) is 8. The van der Waals surface area contributed by atoms with E-state index in [-0.39, 0.29) is 0 Å². The van der Waals surface area contributed by atoms with Gasteiger partial charge in [0, 0.05) is 67.6 Å². The van der Waals surface area contributed by atoms with E-state index in [9.17, 15) is 0 Å². The summed E-state index contributed by atoms with van der Waals surface area (Å²) in [7, 11) is 0. The van der Waals surface area contributed by atoms with Crippen molar-refractivity contribution in [3.8, 4) is 112 Å². The Bertz CT molecular complexity index is 7470. The summed E-state index contributed by atoms with van der Waals surface area (Å²) in [5.74, 6) is 1.29. The van der Waals surface area contributed by atoms with Crippen LogP contribution in [0.15, 0.2) is 376 Å². The number of fused-ring (bicyclic) bond motifs is 12. The molecule has 0 aliphatic rings. The minimum atomic E-state index is 0.634. The normalized spacial score (nSPS) is 11.8. The van der Waals surface area contributed by atoms with Crippen LogP contribution in [0.2, 0.25) is 0 Å². The molecular formula is C102H62N8. The van der Waals surface area contributed by atoms with Crippen molar-refractivity contribution in [2.75, 3.05) is 0 Å². The standard InChI is InChI=1S/C102H62N8/c1-2-16-63(17-3-1)65-36-43-69(44-37-65)82-25-12-32-91-95(82)87-59-74-20-6-9-23-77(74)62-94(87)110(91)80-54-50-72(51-55-80)102-106-90-31-15-57-104-100(90)98(108-102)86-29-11-27-84-81(24-10-28-85(84)86)68-41-34-66(35-42-68)67-38-45-70(46-39-67)83-26-13-33-92-96(83)88-60-75-21-7-8-22-76(75)61-93(88)109(92)79-52-48-71(49-53-79)101-105-89-30-14-56-103-99(89)97(107-101)78-47-40-64-18-4-5-19-73(64)58-78/h1-62H. The molecule has 22 aromatic rings. The van der Waals surface area contributed by atoms with Crippen LogP contribution in [0.4, 0.5) is 0 Å². The lowest BCUT2D eigenvalue weighted by atomic mass is 9.92. The van der Waals surface area contributed by atoms with Gasteiger partial charge >= 0.3 is 0 Å². The lowest BCUT2D eigenvalue weighted by Gasteiger charge is -2.14. The number of pyridine rings is 2. The zero-order valence-corrected chi connectivity index (χ0v) is 59.4. The quantitative estimate of drug-likeness (QED) is 0.128. The van der Waals surface area contributed by atoms with E-state index in [1.165, 1.54) is 76.3 Å². The van der Waals surface area contributed by atoms with Crippen molar-refractivity contribution >= 4 is 109 Å². The van der Waals surface area contributed by atoms with Gasteiger partial charge in [-0.3, -0.25) is 9.97 Å². The number of aromatic nitrogens is 8. The average Bonchev–Trinajstić information content (AvgIpc) is 1.59. The van der Waals surface area contributed by atoms with Gasteiger partial charge in [-0.05, 0) is 214 Å². The zero-order valence-electron chi connectivity index (χ0n) is 59.4. The molecule has 6 aromatic heterocycles. The first-order valence-corrected chi connectivity index (χ1v) is 37.3. The van der Waals surface area contributed by atoms with Gasteiger partial charge in [-0.2, -0.15) is 0 Å². The highest BCUT2D eigenvalue weighted by atomic mass is 15.0. The highest BCUT2D eigenvalue weighted by Crippen LogP contribution is 2.45. The molecule has 0 unspecified atom stereocenters. The Morgan fingerprint density at radius 1 is 0.200 bits per heavy atom. The van der Waals surface area contributed by atoms with Crippen LogP contribution in [-0.4, -0.2) is 39.0 Å². The molecule has 0 fully saturated rings. The summed E-state index contributed by atoms with van der Waals surface area (Å²) in [4.78, 5) is 30.7. The Hall–Kier alpha value is -14.9. The van der Waals surface area contributed by atoms with Crippen LogP contribution < -0.4 is 0 Å². The third-order valence-electron chi connectivity index (χ3n) is 22.2. The Balaban J connectivity index is 0.570. The topological polar surface area (TPSA) is 87.2 Å². The van der Waals surface area contributed by atoms with Gasteiger partial charge in [0.1, 0.15) is 22.4 Å². The molecule has 0 bridgehead atoms. The van der Waals surface area contributed by atoms with Crippen LogP contribution in [0.5, 0.6) is 0 Å². The van der Waals surface area contributed by atoms with E-state index < -0.39 is 0 Å². The van der Waals surface area contributed by atoms with E-state index in [1.54, 1.807) is 0 Å². The molecule has 0 radical (unpaired) electrons. The van der Waals surface area contributed by atoms with Gasteiger partial charge in [-0.15, -0.1) is 0 Å². The maximum Gasteiger partial charge on any atom is 0.160 e. The summed E-state index contributed by atoms with van der Waals surface area (Å²) in [6.07, 6.45) is 3.65. The van der Waals surface area contributed by atoms with Crippen molar-refractivity contribution in [2.24, 2.45) is 0 Å². The highest BCUT2D eigenvalue weighted by Gasteiger charge is 2.23. The largest absolute Gasteiger partial charge is 0.309 e. The third-order valence-corrected chi connectivity index (χ3v) is 22.2. The first-order valence-electron chi connectivity index (χ1n) is 37.3. The zero-order chi connectivity index (χ0) is 72.3. The van der Waals surface area contributed by atoms with E-state index >= 15 is 0 Å². The lowest BCUT2D eigenvalue weighted by Crippen LogP contribution is -1.98. The third kappa shape index (κ3) is 10.4. The van der Waals surface area contributed by atoms with Crippen LogP contribution in [-0.2, 0) is 0 Å². The Morgan fingerprint density at radius 3 is 1.08 bits per heavy atom. The molecule has 16 aromatic carbocycles. The fraction of sp³-hybridized carbons (Fsp3) is 0. The molecule has 0 aliphatic carbocycles. The number of rotatable bonds is 11. The molecule has 510 valence electrons. The van der Waals surface area contributed by atoms with Crippen molar-refractivity contribution in [1.82, 2.24) is 39.0 Å². The van der Waals surface area contributed by atoms with E-state index in [1.807, 2.05) is 36.7 Å². The van der Waals surface area contributed by atoms with Gasteiger partial charge < -0.3 is 9.13 Å². The smallest absolute Gasteiger partial charge is 0.160 e. The fourth-order valence-corrected chi connectivity index (χ4v) is 16.9. The maximum absolute atomic E-state index is 5.46. The van der Waals surface area contributed by atoms with Crippen molar-refractivity contribution in [3.05, 3.63) is 376 Å². The molecule has 8 nitrogen and oxygen atoms in total. The maximum atomic E-state index is 5.46. The molecule has 6 heterocycles. The molecule has 0 saturated carbocycles. The van der Waals surface area contributed by atoms with Crippen LogP contribution in [0.3, 0.4) is 0 Å². The summed E-state index contributed by atoms with van der Waals surface area (Å²) in [5.41, 5.74) is 26.8. The SMILES string of the molecule is c1ccc(-c2ccc(-c3cccc4c3c3cc5ccccc5cc3n4-c3ccc(-c4nc(-c5cccc6c(-c7ccc(-c8ccc(-c9cccc%10c9c9cc%11ccccc%11cc9n%10-c9ccc(-c%10nc(-c%11ccc%12ccccc%12c%11)c%11ncccc%11n%10)cc9)cc8)cc7)cccc56)c5ncccc5n4)cc3)cc2)cc1. The molecule has 110 heavy (non-hydrogen) atoms. The lowest BCUT2D eigenvalue weighted by molar-refractivity contribution is 1.17. The van der Waals surface area contributed by atoms with Gasteiger partial charge in [0.15, 0.2) is 11.6 Å². The predicted octanol–water partition coefficient (Wildman–Crippen LogP) is 26.2. The summed E-state index contributed by atoms with van der Waals surface area (Å²) >= 11 is 0. The van der Waals surface area contributed by atoms with Gasteiger partial charge in [-0.25, -0.2) is 19.9 Å². The fourth-order valence-electron chi connectivity index (χ4n) is 16.9. The van der Waals surface area contributed by atoms with Crippen LogP contribution >= 0.6 is 0 Å². The molecule has 0 N–H and O–H groups in total. The van der Waals surface area contributed by atoms with Crippen LogP contribution in [0.25, 0.3) is 221 Å². The Labute approximate surface area is 632 Å². The van der Waals surface area contributed by atoms with Gasteiger partial charge in [-0.1, -0.05) is 249 Å². The predicted molar refractivity (Wildman–Crippen MR) is 456 cm³/mol. The second kappa shape index (κ2) is 25.4. The summed E-state index contributed by atoms with van der Waals surface area (Å²) in [6.45, 7) is 0. The molecule has 0 spiro atoms. The second-order valence-electron chi connectivity index (χ2n) is 28.5. The second-order valence-corrected chi connectivity index (χ2v) is 28.5. The number of hydrogen-bond acceptors (Lipinski definition) is 6. The van der Waals surface area contributed by atoms with Gasteiger partial charge in [0.25, 0.3) is 0 Å². The summed E-state index contributed by atoms with van der Waals surface area (Å²) in [6, 6.07) is 131. The van der Waals surface area contributed by atoms with Crippen LogP contribution in [0.1, 0.15) is 0 Å². The molecule has 0 amide bonds. The first-order chi connectivity index (χ1) is 54.5. The monoisotopic (exact) mass is 1400 g/mol. The van der Waals surface area contributed by atoms with Crippen molar-refractivity contribution in [1.29, 1.82) is 0 Å². The summed E-state index contributed by atoms with van der Waals surface area (Å²) < 4.78 is 4.82. The van der Waals surface area contributed by atoms with Crippen molar-refractivity contribution in [2.45, 2.75) is 0 Å². The molecule has 0 aliphatic heterocycles. The number of hydrogen-bond donors (Lipinski definition) is 0. The highest BCUT2D eigenvalue weighted by molar-refractivity contribution is 6.20. The minimum absolute atomic E-state index is 0.634. The average molecular weight is 1400 g/mol. The molecule has 0 saturated heterocycles. The first kappa shape index (κ1) is 62.5. The van der Waals surface area contributed by atoms with Crippen molar-refractivity contribution in [3.63, 3.8) is 0 Å². The van der Waals surface area contributed by atoms with Gasteiger partial charge in [0.05, 0.1) is 33.1 Å². The van der Waals surface area contributed by atoms with E-state index in [2.05, 4.69) is 349 Å². The van der Waals surface area contributed by atoms with E-state index in [0.717, 1.165) is 133 Å². The molecule has 22 rings (SSSR count). The summed E-state index contributed by atoms with van der Waals surface area (Å²) in [5, 5.41) is 14.2. The van der Waals surface area contributed by atoms with Crippen molar-refractivity contribution < 1.29 is 0 Å².